The SMILES string of the molecule is O=C(O)CCC1CCN(S(=O)(=O)N2CCc3ccccc3C2)C1. The van der Waals surface area contributed by atoms with Gasteiger partial charge in [-0.25, -0.2) is 0 Å². The summed E-state index contributed by atoms with van der Waals surface area (Å²) in [7, 11) is -3.46. The van der Waals surface area contributed by atoms with Gasteiger partial charge in [0.05, 0.1) is 0 Å². The predicted molar refractivity (Wildman–Crippen MR) is 86.0 cm³/mol. The molecule has 0 aliphatic carbocycles. The first kappa shape index (κ1) is 16.4. The first-order valence-corrected chi connectivity index (χ1v) is 9.40. The lowest BCUT2D eigenvalue weighted by atomic mass is 10.0. The number of aliphatic carboxylic acids is 1. The average Bonchev–Trinajstić information content (AvgIpc) is 3.02. The van der Waals surface area contributed by atoms with Crippen molar-refractivity contribution >= 4 is 16.2 Å². The Morgan fingerprint density at radius 1 is 1.17 bits per heavy atom. The van der Waals surface area contributed by atoms with Gasteiger partial charge in [0.25, 0.3) is 10.2 Å². The standard InChI is InChI=1S/C16H22N2O4S/c19-16(20)6-5-13-7-9-17(11-13)23(21,22)18-10-8-14-3-1-2-4-15(14)12-18/h1-4,13H,5-12H2,(H,19,20). The van der Waals surface area contributed by atoms with E-state index in [1.165, 1.54) is 9.87 Å². The second-order valence-electron chi connectivity index (χ2n) is 6.31. The van der Waals surface area contributed by atoms with Crippen LogP contribution < -0.4 is 0 Å². The molecule has 0 amide bonds. The maximum atomic E-state index is 12.8. The van der Waals surface area contributed by atoms with Gasteiger partial charge in [0.2, 0.25) is 0 Å². The topological polar surface area (TPSA) is 77.9 Å². The van der Waals surface area contributed by atoms with Crippen LogP contribution in [0.4, 0.5) is 0 Å². The Kier molecular flexibility index (Phi) is 4.70. The minimum absolute atomic E-state index is 0.107. The van der Waals surface area contributed by atoms with Gasteiger partial charge in [-0.15, -0.1) is 0 Å². The fourth-order valence-corrected chi connectivity index (χ4v) is 5.09. The summed E-state index contributed by atoms with van der Waals surface area (Å²) in [5, 5.41) is 8.76. The Labute approximate surface area is 136 Å². The maximum absolute atomic E-state index is 12.8. The van der Waals surface area contributed by atoms with Gasteiger partial charge in [-0.05, 0) is 36.3 Å². The minimum Gasteiger partial charge on any atom is -0.481 e. The minimum atomic E-state index is -3.46. The molecule has 0 radical (unpaired) electrons. The Hall–Kier alpha value is -1.44. The molecular weight excluding hydrogens is 316 g/mol. The molecule has 0 aromatic heterocycles. The van der Waals surface area contributed by atoms with E-state index in [-0.39, 0.29) is 12.3 Å². The van der Waals surface area contributed by atoms with Gasteiger partial charge in [-0.3, -0.25) is 4.79 Å². The Balaban J connectivity index is 1.65. The average molecular weight is 338 g/mol. The zero-order chi connectivity index (χ0) is 16.4. The highest BCUT2D eigenvalue weighted by Gasteiger charge is 2.36. The lowest BCUT2D eigenvalue weighted by Gasteiger charge is -2.31. The van der Waals surface area contributed by atoms with E-state index >= 15 is 0 Å². The smallest absolute Gasteiger partial charge is 0.303 e. The molecule has 7 heteroatoms. The lowest BCUT2D eigenvalue weighted by Crippen LogP contribution is -2.45. The zero-order valence-corrected chi connectivity index (χ0v) is 13.8. The van der Waals surface area contributed by atoms with Crippen LogP contribution in [0.5, 0.6) is 0 Å². The van der Waals surface area contributed by atoms with Gasteiger partial charge in [-0.2, -0.15) is 17.0 Å². The molecule has 2 aliphatic rings. The summed E-state index contributed by atoms with van der Waals surface area (Å²) >= 11 is 0. The first-order valence-electron chi connectivity index (χ1n) is 8.00. The van der Waals surface area contributed by atoms with E-state index in [1.807, 2.05) is 18.2 Å². The monoisotopic (exact) mass is 338 g/mol. The molecule has 126 valence electrons. The number of carboxylic acids is 1. The Bertz CT molecular complexity index is 689. The van der Waals surface area contributed by atoms with Crippen molar-refractivity contribution in [2.24, 2.45) is 5.92 Å². The number of fused-ring (bicyclic) bond motifs is 1. The van der Waals surface area contributed by atoms with Crippen LogP contribution in [0.2, 0.25) is 0 Å². The molecule has 1 aromatic carbocycles. The highest BCUT2D eigenvalue weighted by atomic mass is 32.2. The third kappa shape index (κ3) is 3.57. The highest BCUT2D eigenvalue weighted by molar-refractivity contribution is 7.86. The van der Waals surface area contributed by atoms with E-state index in [1.54, 1.807) is 4.31 Å². The van der Waals surface area contributed by atoms with E-state index in [4.69, 9.17) is 5.11 Å². The second-order valence-corrected chi connectivity index (χ2v) is 8.23. The number of carbonyl (C=O) groups is 1. The summed E-state index contributed by atoms with van der Waals surface area (Å²) in [5.74, 6) is -0.670. The number of rotatable bonds is 5. The van der Waals surface area contributed by atoms with Crippen molar-refractivity contribution in [2.45, 2.75) is 32.2 Å². The molecule has 3 rings (SSSR count). The van der Waals surface area contributed by atoms with Crippen LogP contribution in [-0.2, 0) is 28.0 Å². The van der Waals surface area contributed by atoms with E-state index in [2.05, 4.69) is 6.07 Å². The molecule has 1 atom stereocenters. The molecule has 2 aliphatic heterocycles. The number of carboxylic acid groups (broad SMARTS) is 1. The van der Waals surface area contributed by atoms with Gasteiger partial charge < -0.3 is 5.11 Å². The normalized spacial score (nSPS) is 22.9. The van der Waals surface area contributed by atoms with Gasteiger partial charge in [0, 0.05) is 32.6 Å². The molecule has 1 unspecified atom stereocenters. The van der Waals surface area contributed by atoms with Gasteiger partial charge in [0.15, 0.2) is 0 Å². The van der Waals surface area contributed by atoms with E-state index < -0.39 is 16.2 Å². The van der Waals surface area contributed by atoms with Crippen molar-refractivity contribution in [3.05, 3.63) is 35.4 Å². The molecular formula is C16H22N2O4S. The fraction of sp³-hybridized carbons (Fsp3) is 0.562. The van der Waals surface area contributed by atoms with E-state index in [0.29, 0.717) is 32.6 Å². The molecule has 23 heavy (non-hydrogen) atoms. The molecule has 6 nitrogen and oxygen atoms in total. The molecule has 1 fully saturated rings. The maximum Gasteiger partial charge on any atom is 0.303 e. The van der Waals surface area contributed by atoms with Crippen molar-refractivity contribution in [2.75, 3.05) is 19.6 Å². The summed E-state index contributed by atoms with van der Waals surface area (Å²) in [4.78, 5) is 10.7. The molecule has 1 aromatic rings. The number of hydrogen-bond acceptors (Lipinski definition) is 3. The second kappa shape index (κ2) is 6.59. The number of hydrogen-bond donors (Lipinski definition) is 1. The van der Waals surface area contributed by atoms with Crippen LogP contribution in [0.15, 0.2) is 24.3 Å². The highest BCUT2D eigenvalue weighted by Crippen LogP contribution is 2.28. The predicted octanol–water partition coefficient (Wildman–Crippen LogP) is 1.48. The van der Waals surface area contributed by atoms with Crippen LogP contribution in [0.1, 0.15) is 30.4 Å². The van der Waals surface area contributed by atoms with E-state index in [0.717, 1.165) is 18.4 Å². The van der Waals surface area contributed by atoms with Gasteiger partial charge in [0.1, 0.15) is 0 Å². The molecule has 0 spiro atoms. The fourth-order valence-electron chi connectivity index (χ4n) is 3.40. The number of benzene rings is 1. The quantitative estimate of drug-likeness (QED) is 0.882. The molecule has 1 N–H and O–H groups in total. The lowest BCUT2D eigenvalue weighted by molar-refractivity contribution is -0.137. The number of nitrogens with zero attached hydrogens (tertiary/aromatic N) is 2. The van der Waals surface area contributed by atoms with Gasteiger partial charge >= 0.3 is 5.97 Å². The van der Waals surface area contributed by atoms with Crippen LogP contribution in [0.3, 0.4) is 0 Å². The van der Waals surface area contributed by atoms with Crippen LogP contribution in [0.25, 0.3) is 0 Å². The largest absolute Gasteiger partial charge is 0.481 e. The van der Waals surface area contributed by atoms with Gasteiger partial charge in [-0.1, -0.05) is 24.3 Å². The van der Waals surface area contributed by atoms with Crippen molar-refractivity contribution in [3.63, 3.8) is 0 Å². The van der Waals surface area contributed by atoms with Crippen molar-refractivity contribution in [1.29, 1.82) is 0 Å². The first-order chi connectivity index (χ1) is 11.0. The Morgan fingerprint density at radius 2 is 1.91 bits per heavy atom. The third-order valence-electron chi connectivity index (χ3n) is 4.76. The summed E-state index contributed by atoms with van der Waals surface area (Å²) in [5.41, 5.74) is 2.30. The van der Waals surface area contributed by atoms with Crippen LogP contribution in [-0.4, -0.2) is 47.7 Å². The van der Waals surface area contributed by atoms with Crippen LogP contribution in [0, 0.1) is 5.92 Å². The van der Waals surface area contributed by atoms with Crippen molar-refractivity contribution in [3.8, 4) is 0 Å². The summed E-state index contributed by atoms with van der Waals surface area (Å²) in [6, 6.07) is 7.96. The van der Waals surface area contributed by atoms with Crippen LogP contribution >= 0.6 is 0 Å². The summed E-state index contributed by atoms with van der Waals surface area (Å²) in [6.45, 7) is 1.86. The molecule has 0 bridgehead atoms. The van der Waals surface area contributed by atoms with E-state index in [9.17, 15) is 13.2 Å². The zero-order valence-electron chi connectivity index (χ0n) is 13.0. The molecule has 2 heterocycles. The molecule has 1 saturated heterocycles. The van der Waals surface area contributed by atoms with Crippen molar-refractivity contribution < 1.29 is 18.3 Å². The summed E-state index contributed by atoms with van der Waals surface area (Å²) < 4.78 is 28.7. The molecule has 0 saturated carbocycles. The third-order valence-corrected chi connectivity index (χ3v) is 6.71. The Morgan fingerprint density at radius 3 is 2.65 bits per heavy atom. The summed E-state index contributed by atoms with van der Waals surface area (Å²) in [6.07, 6.45) is 2.14. The van der Waals surface area contributed by atoms with Crippen molar-refractivity contribution in [1.82, 2.24) is 8.61 Å².